The zero-order chi connectivity index (χ0) is 13.6. The van der Waals surface area contributed by atoms with Crippen LogP contribution < -0.4 is 0 Å². The van der Waals surface area contributed by atoms with Crippen molar-refractivity contribution in [3.05, 3.63) is 0 Å². The van der Waals surface area contributed by atoms with E-state index in [2.05, 4.69) is 6.92 Å². The van der Waals surface area contributed by atoms with Crippen molar-refractivity contribution in [1.82, 2.24) is 4.90 Å². The zero-order valence-electron chi connectivity index (χ0n) is 11.7. The Morgan fingerprint density at radius 3 is 1.89 bits per heavy atom. The summed E-state index contributed by atoms with van der Waals surface area (Å²) >= 11 is 5.33. The predicted octanol–water partition coefficient (Wildman–Crippen LogP) is 2.74. The Balaban J connectivity index is 3.54. The van der Waals surface area contributed by atoms with E-state index in [-0.39, 0.29) is 13.2 Å². The third kappa shape index (κ3) is 9.80. The average Bonchev–Trinajstić information content (AvgIpc) is 2.37. The Morgan fingerprint density at radius 2 is 1.39 bits per heavy atom. The Hall–Kier alpha value is -0.190. The van der Waals surface area contributed by atoms with Crippen LogP contribution in [0.4, 0.5) is 0 Å². The minimum absolute atomic E-state index is 0.0944. The van der Waals surface area contributed by atoms with Gasteiger partial charge in [0.25, 0.3) is 0 Å². The van der Waals surface area contributed by atoms with E-state index in [9.17, 15) is 0 Å². The monoisotopic (exact) mass is 275 g/mol. The van der Waals surface area contributed by atoms with Crippen molar-refractivity contribution in [2.75, 3.05) is 26.3 Å². The lowest BCUT2D eigenvalue weighted by molar-refractivity contribution is 0.212. The van der Waals surface area contributed by atoms with Gasteiger partial charge in [-0.15, -0.1) is 0 Å². The molecule has 0 radical (unpaired) electrons. The van der Waals surface area contributed by atoms with Crippen molar-refractivity contribution in [2.45, 2.75) is 58.3 Å². The molecule has 0 aromatic rings. The summed E-state index contributed by atoms with van der Waals surface area (Å²) in [5.41, 5.74) is 0. The highest BCUT2D eigenvalue weighted by atomic mass is 32.1. The molecule has 3 nitrogen and oxygen atoms in total. The Bertz CT molecular complexity index is 194. The van der Waals surface area contributed by atoms with Crippen LogP contribution in [0.25, 0.3) is 0 Å². The standard InChI is InChI=1S/C14H29NO2S/c1-2-3-4-5-6-7-8-9-14(18)15(10-12-16)11-13-17/h16-17H,2-13H2,1H3. The Morgan fingerprint density at radius 1 is 0.889 bits per heavy atom. The molecule has 0 unspecified atom stereocenters. The van der Waals surface area contributed by atoms with Crippen LogP contribution in [0.1, 0.15) is 58.3 Å². The van der Waals surface area contributed by atoms with Gasteiger partial charge in [0.15, 0.2) is 0 Å². The quantitative estimate of drug-likeness (QED) is 0.424. The van der Waals surface area contributed by atoms with Gasteiger partial charge in [0.1, 0.15) is 0 Å². The van der Waals surface area contributed by atoms with Gasteiger partial charge >= 0.3 is 0 Å². The molecule has 0 bridgehead atoms. The number of aliphatic hydroxyl groups excluding tert-OH is 2. The molecule has 0 heterocycles. The molecule has 0 aromatic heterocycles. The predicted molar refractivity (Wildman–Crippen MR) is 81.0 cm³/mol. The molecule has 0 aliphatic carbocycles. The molecule has 2 N–H and O–H groups in total. The molecule has 4 heteroatoms. The van der Waals surface area contributed by atoms with E-state index >= 15 is 0 Å². The van der Waals surface area contributed by atoms with Crippen molar-refractivity contribution in [2.24, 2.45) is 0 Å². The largest absolute Gasteiger partial charge is 0.395 e. The molecule has 0 spiro atoms. The van der Waals surface area contributed by atoms with Crippen molar-refractivity contribution >= 4 is 17.2 Å². The third-order valence-corrected chi connectivity index (χ3v) is 3.55. The van der Waals surface area contributed by atoms with Gasteiger partial charge in [0, 0.05) is 13.1 Å². The van der Waals surface area contributed by atoms with Crippen LogP contribution in [0.15, 0.2) is 0 Å². The molecule has 0 saturated carbocycles. The van der Waals surface area contributed by atoms with Gasteiger partial charge in [-0.1, -0.05) is 57.7 Å². The second kappa shape index (κ2) is 13.2. The first-order valence-electron chi connectivity index (χ1n) is 7.25. The number of hydrogen-bond donors (Lipinski definition) is 2. The van der Waals surface area contributed by atoms with Gasteiger partial charge in [0.2, 0.25) is 0 Å². The Kier molecular flexibility index (Phi) is 13.1. The molecule has 108 valence electrons. The zero-order valence-corrected chi connectivity index (χ0v) is 12.6. The molecule has 0 aliphatic rings. The SMILES string of the molecule is CCCCCCCCCC(=S)N(CCO)CCO. The fourth-order valence-electron chi connectivity index (χ4n) is 1.99. The van der Waals surface area contributed by atoms with Gasteiger partial charge in [0.05, 0.1) is 18.2 Å². The Labute approximate surface area is 117 Å². The molecule has 0 aromatic carbocycles. The van der Waals surface area contributed by atoms with Gasteiger partial charge in [-0.05, 0) is 12.8 Å². The van der Waals surface area contributed by atoms with Crippen LogP contribution in [0, 0.1) is 0 Å². The minimum Gasteiger partial charge on any atom is -0.395 e. The smallest absolute Gasteiger partial charge is 0.0780 e. The number of nitrogens with zero attached hydrogens (tertiary/aromatic N) is 1. The van der Waals surface area contributed by atoms with E-state index < -0.39 is 0 Å². The second-order valence-electron chi connectivity index (χ2n) is 4.70. The van der Waals surface area contributed by atoms with Gasteiger partial charge in [-0.2, -0.15) is 0 Å². The first-order valence-corrected chi connectivity index (χ1v) is 7.66. The van der Waals surface area contributed by atoms with Crippen LogP contribution in [0.5, 0.6) is 0 Å². The number of unbranched alkanes of at least 4 members (excludes halogenated alkanes) is 6. The van der Waals surface area contributed by atoms with E-state index in [1.807, 2.05) is 4.90 Å². The van der Waals surface area contributed by atoms with Crippen LogP contribution in [-0.4, -0.2) is 46.4 Å². The van der Waals surface area contributed by atoms with Crippen LogP contribution in [0.3, 0.4) is 0 Å². The van der Waals surface area contributed by atoms with E-state index in [1.165, 1.54) is 38.5 Å². The molecule has 0 fully saturated rings. The third-order valence-electron chi connectivity index (χ3n) is 3.09. The van der Waals surface area contributed by atoms with Crippen LogP contribution >= 0.6 is 12.2 Å². The van der Waals surface area contributed by atoms with Gasteiger partial charge < -0.3 is 15.1 Å². The van der Waals surface area contributed by atoms with Crippen LogP contribution in [0.2, 0.25) is 0 Å². The lowest BCUT2D eigenvalue weighted by Crippen LogP contribution is -2.34. The highest BCUT2D eigenvalue weighted by molar-refractivity contribution is 7.80. The normalized spacial score (nSPS) is 10.6. The van der Waals surface area contributed by atoms with E-state index in [1.54, 1.807) is 0 Å². The summed E-state index contributed by atoms with van der Waals surface area (Å²) in [4.78, 5) is 2.79. The number of rotatable bonds is 12. The van der Waals surface area contributed by atoms with Gasteiger partial charge in [-0.3, -0.25) is 0 Å². The molecule has 0 atom stereocenters. The summed E-state index contributed by atoms with van der Waals surface area (Å²) in [6.07, 6.45) is 9.88. The van der Waals surface area contributed by atoms with Crippen molar-refractivity contribution < 1.29 is 10.2 Å². The fourth-order valence-corrected chi connectivity index (χ4v) is 2.32. The minimum atomic E-state index is 0.0944. The lowest BCUT2D eigenvalue weighted by Gasteiger charge is -2.23. The summed E-state index contributed by atoms with van der Waals surface area (Å²) in [7, 11) is 0. The maximum atomic E-state index is 8.92. The highest BCUT2D eigenvalue weighted by Crippen LogP contribution is 2.10. The summed E-state index contributed by atoms with van der Waals surface area (Å²) < 4.78 is 0. The molecule has 0 rings (SSSR count). The molecule has 18 heavy (non-hydrogen) atoms. The summed E-state index contributed by atoms with van der Waals surface area (Å²) in [5, 5.41) is 17.8. The summed E-state index contributed by atoms with van der Waals surface area (Å²) in [6, 6.07) is 0. The summed E-state index contributed by atoms with van der Waals surface area (Å²) in [5.74, 6) is 0. The van der Waals surface area contributed by atoms with Crippen molar-refractivity contribution in [3.63, 3.8) is 0 Å². The van der Waals surface area contributed by atoms with Crippen LogP contribution in [-0.2, 0) is 0 Å². The lowest BCUT2D eigenvalue weighted by atomic mass is 10.1. The summed E-state index contributed by atoms with van der Waals surface area (Å²) in [6.45, 7) is 3.50. The van der Waals surface area contributed by atoms with Crippen molar-refractivity contribution in [1.29, 1.82) is 0 Å². The molecule has 0 amide bonds. The maximum absolute atomic E-state index is 8.92. The topological polar surface area (TPSA) is 43.7 Å². The maximum Gasteiger partial charge on any atom is 0.0780 e. The number of aliphatic hydroxyl groups is 2. The molecular formula is C14H29NO2S. The number of hydrogen-bond acceptors (Lipinski definition) is 3. The fraction of sp³-hybridized carbons (Fsp3) is 0.929. The first-order chi connectivity index (χ1) is 8.76. The molecule has 0 saturated heterocycles. The van der Waals surface area contributed by atoms with E-state index in [4.69, 9.17) is 22.4 Å². The van der Waals surface area contributed by atoms with E-state index in [0.29, 0.717) is 13.1 Å². The van der Waals surface area contributed by atoms with Crippen molar-refractivity contribution in [3.8, 4) is 0 Å². The van der Waals surface area contributed by atoms with Gasteiger partial charge in [-0.25, -0.2) is 0 Å². The average molecular weight is 275 g/mol. The second-order valence-corrected chi connectivity index (χ2v) is 5.17. The highest BCUT2D eigenvalue weighted by Gasteiger charge is 2.07. The van der Waals surface area contributed by atoms with E-state index in [0.717, 1.165) is 17.8 Å². The first kappa shape index (κ1) is 17.8. The number of thiocarbonyl (C=S) groups is 1. The molecular weight excluding hydrogens is 246 g/mol. The molecule has 0 aliphatic heterocycles.